The van der Waals surface area contributed by atoms with Crippen molar-refractivity contribution in [2.75, 3.05) is 5.32 Å². The molecule has 0 saturated heterocycles. The summed E-state index contributed by atoms with van der Waals surface area (Å²) in [4.78, 5) is 18.1. The first-order valence-corrected chi connectivity index (χ1v) is 14.9. The quantitative estimate of drug-likeness (QED) is 0.349. The lowest BCUT2D eigenvalue weighted by atomic mass is 9.53. The van der Waals surface area contributed by atoms with Crippen LogP contribution < -0.4 is 10.1 Å². The molecule has 1 aromatic heterocycles. The number of amides is 1. The second-order valence-corrected chi connectivity index (χ2v) is 13.1. The maximum atomic E-state index is 12.7. The molecule has 0 bridgehead atoms. The number of hydrogen-bond acceptors (Lipinski definition) is 5. The maximum absolute atomic E-state index is 12.7. The van der Waals surface area contributed by atoms with Crippen LogP contribution in [0.1, 0.15) is 72.9 Å². The lowest BCUT2D eigenvalue weighted by Crippen LogP contribution is -2.45. The third kappa shape index (κ3) is 4.89. The molecule has 2 saturated carbocycles. The van der Waals surface area contributed by atoms with Crippen molar-refractivity contribution in [2.24, 2.45) is 23.2 Å². The van der Waals surface area contributed by atoms with E-state index in [1.807, 2.05) is 25.1 Å². The molecule has 6 heteroatoms. The Labute approximate surface area is 229 Å². The standard InChI is InChI=1S/C32H38N2O3S/c1-20-18-33-31(38-20)34-29(36)13-9-23-17-28(35)32(2)15-14-26-25-12-10-24(37-19-21-6-4-3-5-7-21)16-22(25)8-11-27(26)30(23)32/h3-7,10,12,16,18,23,26-28,30,35H,8-9,11,13-15,17,19H2,1-2H3,(H,33,34,36)/t23-,26?,27?,28+,30?,32-/m1/s1. The van der Waals surface area contributed by atoms with Gasteiger partial charge in [0.15, 0.2) is 5.13 Å². The largest absolute Gasteiger partial charge is 0.489 e. The first kappa shape index (κ1) is 25.6. The summed E-state index contributed by atoms with van der Waals surface area (Å²) in [5.74, 6) is 2.90. The molecule has 5 nitrogen and oxygen atoms in total. The van der Waals surface area contributed by atoms with Gasteiger partial charge in [-0.3, -0.25) is 4.79 Å². The maximum Gasteiger partial charge on any atom is 0.226 e. The first-order chi connectivity index (χ1) is 18.4. The molecular weight excluding hydrogens is 492 g/mol. The number of rotatable bonds is 7. The average molecular weight is 531 g/mol. The van der Waals surface area contributed by atoms with Crippen LogP contribution in [0.3, 0.4) is 0 Å². The second-order valence-electron chi connectivity index (χ2n) is 11.9. The van der Waals surface area contributed by atoms with Gasteiger partial charge in [0.2, 0.25) is 5.91 Å². The molecule has 0 radical (unpaired) electrons. The lowest BCUT2D eigenvalue weighted by Gasteiger charge is -2.51. The topological polar surface area (TPSA) is 71.5 Å². The van der Waals surface area contributed by atoms with E-state index < -0.39 is 0 Å². The highest BCUT2D eigenvalue weighted by molar-refractivity contribution is 7.15. The molecule has 38 heavy (non-hydrogen) atoms. The van der Waals surface area contributed by atoms with Gasteiger partial charge in [0.1, 0.15) is 12.4 Å². The number of nitrogens with zero attached hydrogens (tertiary/aromatic N) is 1. The highest BCUT2D eigenvalue weighted by Gasteiger charge is 2.58. The predicted molar refractivity (Wildman–Crippen MR) is 151 cm³/mol. The van der Waals surface area contributed by atoms with Crippen molar-refractivity contribution in [2.45, 2.75) is 77.4 Å². The Balaban J connectivity index is 1.15. The molecule has 2 aromatic carbocycles. The van der Waals surface area contributed by atoms with Crippen molar-refractivity contribution in [3.63, 3.8) is 0 Å². The third-order valence-corrected chi connectivity index (χ3v) is 10.5. The van der Waals surface area contributed by atoms with Gasteiger partial charge in [0, 0.05) is 17.5 Å². The number of thiazole rings is 1. The number of aromatic nitrogens is 1. The minimum absolute atomic E-state index is 0.0341. The Kier molecular flexibility index (Phi) is 7.04. The molecule has 3 aromatic rings. The molecule has 200 valence electrons. The zero-order valence-electron chi connectivity index (χ0n) is 22.4. The van der Waals surface area contributed by atoms with Crippen LogP contribution in [0.15, 0.2) is 54.7 Å². The molecule has 2 N–H and O–H groups in total. The molecule has 6 atom stereocenters. The van der Waals surface area contributed by atoms with Gasteiger partial charge in [-0.15, -0.1) is 11.3 Å². The van der Waals surface area contributed by atoms with Crippen LogP contribution in [0.2, 0.25) is 0 Å². The summed E-state index contributed by atoms with van der Waals surface area (Å²) in [7, 11) is 0. The smallest absolute Gasteiger partial charge is 0.226 e. The molecule has 2 fully saturated rings. The molecule has 0 aliphatic heterocycles. The fourth-order valence-corrected chi connectivity index (χ4v) is 8.53. The van der Waals surface area contributed by atoms with E-state index in [4.69, 9.17) is 4.74 Å². The number of fused-ring (bicyclic) bond motifs is 5. The Hall–Kier alpha value is -2.70. The number of carbonyl (C=O) groups excluding carboxylic acids is 1. The normalized spacial score (nSPS) is 29.7. The van der Waals surface area contributed by atoms with Crippen molar-refractivity contribution in [3.05, 3.63) is 76.3 Å². The van der Waals surface area contributed by atoms with Crippen molar-refractivity contribution in [1.29, 1.82) is 0 Å². The predicted octanol–water partition coefficient (Wildman–Crippen LogP) is 6.89. The van der Waals surface area contributed by atoms with Crippen molar-refractivity contribution >= 4 is 22.4 Å². The van der Waals surface area contributed by atoms with E-state index in [2.05, 4.69) is 47.6 Å². The molecule has 3 unspecified atom stereocenters. The fraction of sp³-hybridized carbons (Fsp3) is 0.500. The third-order valence-electron chi connectivity index (χ3n) is 9.65. The van der Waals surface area contributed by atoms with Crippen LogP contribution >= 0.6 is 11.3 Å². The van der Waals surface area contributed by atoms with Crippen molar-refractivity contribution in [3.8, 4) is 5.75 Å². The van der Waals surface area contributed by atoms with Gasteiger partial charge in [0.25, 0.3) is 0 Å². The minimum atomic E-state index is -0.279. The number of ether oxygens (including phenoxy) is 1. The Morgan fingerprint density at radius 1 is 1.21 bits per heavy atom. The van der Waals surface area contributed by atoms with Gasteiger partial charge in [-0.05, 0) is 103 Å². The molecule has 3 aliphatic carbocycles. The lowest BCUT2D eigenvalue weighted by molar-refractivity contribution is -0.116. The zero-order chi connectivity index (χ0) is 26.3. The van der Waals surface area contributed by atoms with Crippen LogP contribution in [0.4, 0.5) is 5.13 Å². The number of carbonyl (C=O) groups is 1. The Morgan fingerprint density at radius 2 is 2.05 bits per heavy atom. The van der Waals surface area contributed by atoms with Crippen molar-refractivity contribution < 1.29 is 14.6 Å². The molecule has 6 rings (SSSR count). The number of aryl methyl sites for hydroxylation is 2. The van der Waals surface area contributed by atoms with E-state index in [1.54, 1.807) is 6.20 Å². The van der Waals surface area contributed by atoms with E-state index in [9.17, 15) is 9.90 Å². The van der Waals surface area contributed by atoms with E-state index in [-0.39, 0.29) is 17.4 Å². The monoisotopic (exact) mass is 530 g/mol. The van der Waals surface area contributed by atoms with Crippen LogP contribution in [0.25, 0.3) is 0 Å². The van der Waals surface area contributed by atoms with Gasteiger partial charge in [-0.2, -0.15) is 0 Å². The zero-order valence-corrected chi connectivity index (χ0v) is 23.2. The highest BCUT2D eigenvalue weighted by Crippen LogP contribution is 2.63. The van der Waals surface area contributed by atoms with Crippen molar-refractivity contribution in [1.82, 2.24) is 4.98 Å². The van der Waals surface area contributed by atoms with E-state index in [1.165, 1.54) is 28.0 Å². The SMILES string of the molecule is Cc1cnc(NC(=O)CC[C@@H]2C[C@H](O)[C@@]3(C)CCC4c5ccc(OCc6ccccc6)cc5CCC4C23)s1. The summed E-state index contributed by atoms with van der Waals surface area (Å²) in [6.45, 7) is 4.89. The van der Waals surface area contributed by atoms with Crippen LogP contribution in [-0.4, -0.2) is 22.1 Å². The van der Waals surface area contributed by atoms with Gasteiger partial charge in [-0.1, -0.05) is 43.3 Å². The number of hydrogen-bond donors (Lipinski definition) is 2. The van der Waals surface area contributed by atoms with Gasteiger partial charge < -0.3 is 15.2 Å². The van der Waals surface area contributed by atoms with Gasteiger partial charge in [-0.25, -0.2) is 4.98 Å². The van der Waals surface area contributed by atoms with Gasteiger partial charge in [0.05, 0.1) is 6.10 Å². The van der Waals surface area contributed by atoms with Gasteiger partial charge >= 0.3 is 0 Å². The molecular formula is C32H38N2O3S. The summed E-state index contributed by atoms with van der Waals surface area (Å²) in [6, 6.07) is 17.0. The summed E-state index contributed by atoms with van der Waals surface area (Å²) >= 11 is 1.51. The number of aliphatic hydroxyl groups excluding tert-OH is 1. The van der Waals surface area contributed by atoms with Crippen LogP contribution in [0, 0.1) is 30.1 Å². The summed E-state index contributed by atoms with van der Waals surface area (Å²) in [6.07, 6.45) is 8.02. The number of aliphatic hydroxyl groups is 1. The summed E-state index contributed by atoms with van der Waals surface area (Å²) in [5, 5.41) is 14.9. The number of benzene rings is 2. The van der Waals surface area contributed by atoms with E-state index in [0.717, 1.165) is 49.2 Å². The molecule has 1 heterocycles. The number of anilines is 1. The summed E-state index contributed by atoms with van der Waals surface area (Å²) in [5.41, 5.74) is 4.03. The number of nitrogens with one attached hydrogen (secondary N) is 1. The van der Waals surface area contributed by atoms with Crippen LogP contribution in [0.5, 0.6) is 5.75 Å². The first-order valence-electron chi connectivity index (χ1n) is 14.1. The fourth-order valence-electron chi connectivity index (χ4n) is 7.85. The summed E-state index contributed by atoms with van der Waals surface area (Å²) < 4.78 is 6.13. The van der Waals surface area contributed by atoms with Crippen LogP contribution in [-0.2, 0) is 17.8 Å². The molecule has 0 spiro atoms. The highest BCUT2D eigenvalue weighted by atomic mass is 32.1. The minimum Gasteiger partial charge on any atom is -0.489 e. The average Bonchev–Trinajstić information content (AvgIpc) is 3.45. The molecule has 1 amide bonds. The van der Waals surface area contributed by atoms with E-state index >= 15 is 0 Å². The molecule has 3 aliphatic rings. The van der Waals surface area contributed by atoms with E-state index in [0.29, 0.717) is 41.8 Å². The second kappa shape index (κ2) is 10.5. The Bertz CT molecular complexity index is 1290. The Morgan fingerprint density at radius 3 is 2.84 bits per heavy atom.